The van der Waals surface area contributed by atoms with Crippen LogP contribution >= 0.6 is 0 Å². The zero-order valence-corrected chi connectivity index (χ0v) is 10.3. The maximum Gasteiger partial charge on any atom is 0.293 e. The summed E-state index contributed by atoms with van der Waals surface area (Å²) in [6.07, 6.45) is 2.36. The van der Waals surface area contributed by atoms with Gasteiger partial charge in [-0.25, -0.2) is 0 Å². The van der Waals surface area contributed by atoms with Crippen LogP contribution in [0.15, 0.2) is 47.1 Å². The summed E-state index contributed by atoms with van der Waals surface area (Å²) >= 11 is 0. The minimum absolute atomic E-state index is 0.146. The van der Waals surface area contributed by atoms with Crippen molar-refractivity contribution in [2.75, 3.05) is 17.2 Å². The lowest BCUT2D eigenvalue weighted by Gasteiger charge is -2.21. The third-order valence-electron chi connectivity index (χ3n) is 2.61. The average Bonchev–Trinajstić information content (AvgIpc) is 2.89. The number of benzene rings is 1. The second-order valence-electron chi connectivity index (χ2n) is 4.03. The molecule has 1 amide bonds. The summed E-state index contributed by atoms with van der Waals surface area (Å²) in [7, 11) is 0. The molecule has 0 fully saturated rings. The number of furan rings is 1. The van der Waals surface area contributed by atoms with E-state index >= 15 is 0 Å². The average molecular weight is 244 g/mol. The fourth-order valence-electron chi connectivity index (χ4n) is 1.80. The molecule has 0 radical (unpaired) electrons. The highest BCUT2D eigenvalue weighted by Crippen LogP contribution is 2.20. The van der Waals surface area contributed by atoms with Crippen LogP contribution in [-0.2, 0) is 0 Å². The minimum Gasteiger partial charge on any atom is -0.459 e. The first-order valence-corrected chi connectivity index (χ1v) is 5.93. The molecule has 18 heavy (non-hydrogen) atoms. The Morgan fingerprint density at radius 2 is 2.17 bits per heavy atom. The van der Waals surface area contributed by atoms with E-state index in [0.717, 1.165) is 12.1 Å². The van der Waals surface area contributed by atoms with Crippen LogP contribution in [-0.4, -0.2) is 12.5 Å². The number of carbonyl (C=O) groups is 1. The number of nitrogens with two attached hydrogens (primary N) is 1. The second-order valence-corrected chi connectivity index (χ2v) is 4.03. The number of hydrogen-bond acceptors (Lipinski definition) is 3. The van der Waals surface area contributed by atoms with Crippen LogP contribution in [0.5, 0.6) is 0 Å². The van der Waals surface area contributed by atoms with Crippen molar-refractivity contribution in [3.8, 4) is 0 Å². The fraction of sp³-hybridized carbons (Fsp3) is 0.214. The Morgan fingerprint density at radius 3 is 2.78 bits per heavy atom. The standard InChI is InChI=1S/C14H16N2O2/c1-2-8-16(12-6-3-5-11(15)10-12)14(17)13-7-4-9-18-13/h3-7,9-10H,2,8,15H2,1H3. The lowest BCUT2D eigenvalue weighted by molar-refractivity contribution is 0.0960. The molecular weight excluding hydrogens is 228 g/mol. The Morgan fingerprint density at radius 1 is 1.33 bits per heavy atom. The highest BCUT2D eigenvalue weighted by molar-refractivity contribution is 6.04. The van der Waals surface area contributed by atoms with Crippen molar-refractivity contribution < 1.29 is 9.21 Å². The van der Waals surface area contributed by atoms with Crippen molar-refractivity contribution in [1.29, 1.82) is 0 Å². The van der Waals surface area contributed by atoms with Gasteiger partial charge in [0.1, 0.15) is 0 Å². The smallest absolute Gasteiger partial charge is 0.293 e. The molecule has 2 rings (SSSR count). The van der Waals surface area contributed by atoms with E-state index in [4.69, 9.17) is 10.2 Å². The highest BCUT2D eigenvalue weighted by atomic mass is 16.3. The molecule has 0 unspecified atom stereocenters. The molecule has 0 aliphatic rings. The maximum atomic E-state index is 12.3. The molecule has 0 aliphatic carbocycles. The van der Waals surface area contributed by atoms with Gasteiger partial charge in [-0.2, -0.15) is 0 Å². The SMILES string of the molecule is CCCN(C(=O)c1ccco1)c1cccc(N)c1. The van der Waals surface area contributed by atoms with Gasteiger partial charge in [0.05, 0.1) is 6.26 Å². The fourth-order valence-corrected chi connectivity index (χ4v) is 1.80. The van der Waals surface area contributed by atoms with Crippen LogP contribution < -0.4 is 10.6 Å². The molecule has 0 atom stereocenters. The van der Waals surface area contributed by atoms with Gasteiger partial charge in [-0.05, 0) is 36.8 Å². The summed E-state index contributed by atoms with van der Waals surface area (Å²) in [6.45, 7) is 2.65. The van der Waals surface area contributed by atoms with Gasteiger partial charge in [0.25, 0.3) is 5.91 Å². The molecular formula is C14H16N2O2. The third kappa shape index (κ3) is 2.53. The third-order valence-corrected chi connectivity index (χ3v) is 2.61. The van der Waals surface area contributed by atoms with Crippen LogP contribution in [0.1, 0.15) is 23.9 Å². The van der Waals surface area contributed by atoms with E-state index in [1.165, 1.54) is 6.26 Å². The van der Waals surface area contributed by atoms with Gasteiger partial charge in [0, 0.05) is 17.9 Å². The Hall–Kier alpha value is -2.23. The summed E-state index contributed by atoms with van der Waals surface area (Å²) in [5.41, 5.74) is 7.18. The van der Waals surface area contributed by atoms with Crippen LogP contribution in [0.2, 0.25) is 0 Å². The molecule has 0 aliphatic heterocycles. The van der Waals surface area contributed by atoms with E-state index in [1.54, 1.807) is 29.2 Å². The quantitative estimate of drug-likeness (QED) is 0.841. The number of amides is 1. The van der Waals surface area contributed by atoms with Crippen LogP contribution in [0.4, 0.5) is 11.4 Å². The van der Waals surface area contributed by atoms with E-state index in [-0.39, 0.29) is 5.91 Å². The largest absolute Gasteiger partial charge is 0.459 e. The van der Waals surface area contributed by atoms with Crippen molar-refractivity contribution in [3.05, 3.63) is 48.4 Å². The molecule has 0 saturated heterocycles. The zero-order chi connectivity index (χ0) is 13.0. The van der Waals surface area contributed by atoms with Gasteiger partial charge in [-0.3, -0.25) is 4.79 Å². The topological polar surface area (TPSA) is 59.5 Å². The van der Waals surface area contributed by atoms with Crippen molar-refractivity contribution in [2.45, 2.75) is 13.3 Å². The van der Waals surface area contributed by atoms with Gasteiger partial charge >= 0.3 is 0 Å². The van der Waals surface area contributed by atoms with Crippen molar-refractivity contribution in [2.24, 2.45) is 0 Å². The van der Waals surface area contributed by atoms with Crippen LogP contribution in [0.25, 0.3) is 0 Å². The summed E-state index contributed by atoms with van der Waals surface area (Å²) in [5.74, 6) is 0.193. The Bertz CT molecular complexity index is 520. The van der Waals surface area contributed by atoms with Crippen molar-refractivity contribution >= 4 is 17.3 Å². The first-order chi connectivity index (χ1) is 8.72. The van der Waals surface area contributed by atoms with Gasteiger partial charge in [-0.1, -0.05) is 13.0 Å². The van der Waals surface area contributed by atoms with Crippen LogP contribution in [0, 0.1) is 0 Å². The Labute approximate surface area is 106 Å². The number of nitrogen functional groups attached to an aromatic ring is 1. The van der Waals surface area contributed by atoms with Crippen molar-refractivity contribution in [3.63, 3.8) is 0 Å². The lowest BCUT2D eigenvalue weighted by Crippen LogP contribution is -2.31. The molecule has 0 bridgehead atoms. The Balaban J connectivity index is 2.31. The van der Waals surface area contributed by atoms with Crippen LogP contribution in [0.3, 0.4) is 0 Å². The van der Waals surface area contributed by atoms with Crippen molar-refractivity contribution in [1.82, 2.24) is 0 Å². The van der Waals surface area contributed by atoms with E-state index in [0.29, 0.717) is 18.0 Å². The highest BCUT2D eigenvalue weighted by Gasteiger charge is 2.19. The number of hydrogen-bond donors (Lipinski definition) is 1. The van der Waals surface area contributed by atoms with Gasteiger partial charge in [-0.15, -0.1) is 0 Å². The maximum absolute atomic E-state index is 12.3. The first-order valence-electron chi connectivity index (χ1n) is 5.93. The molecule has 4 nitrogen and oxygen atoms in total. The molecule has 1 heterocycles. The molecule has 4 heteroatoms. The molecule has 1 aromatic heterocycles. The van der Waals surface area contributed by atoms with E-state index in [9.17, 15) is 4.79 Å². The predicted octanol–water partition coefficient (Wildman–Crippen LogP) is 2.92. The summed E-state index contributed by atoms with van der Waals surface area (Å²) in [4.78, 5) is 14.0. The second kappa shape index (κ2) is 5.40. The number of rotatable bonds is 4. The summed E-state index contributed by atoms with van der Waals surface area (Å²) in [5, 5.41) is 0. The monoisotopic (exact) mass is 244 g/mol. The van der Waals surface area contributed by atoms with E-state index < -0.39 is 0 Å². The summed E-state index contributed by atoms with van der Waals surface area (Å²) in [6, 6.07) is 10.7. The van der Waals surface area contributed by atoms with E-state index in [1.807, 2.05) is 19.1 Å². The van der Waals surface area contributed by atoms with E-state index in [2.05, 4.69) is 0 Å². The lowest BCUT2D eigenvalue weighted by atomic mass is 10.2. The first kappa shape index (κ1) is 12.2. The molecule has 2 N–H and O–H groups in total. The minimum atomic E-state index is -0.146. The molecule has 2 aromatic rings. The molecule has 1 aromatic carbocycles. The Kier molecular flexibility index (Phi) is 3.67. The molecule has 0 spiro atoms. The van der Waals surface area contributed by atoms with Gasteiger partial charge < -0.3 is 15.1 Å². The predicted molar refractivity (Wildman–Crippen MR) is 71.5 cm³/mol. The number of nitrogens with zero attached hydrogens (tertiary/aromatic N) is 1. The molecule has 0 saturated carbocycles. The van der Waals surface area contributed by atoms with Gasteiger partial charge in [0.2, 0.25) is 0 Å². The van der Waals surface area contributed by atoms with Gasteiger partial charge in [0.15, 0.2) is 5.76 Å². The zero-order valence-electron chi connectivity index (χ0n) is 10.3. The normalized spacial score (nSPS) is 10.3. The summed E-state index contributed by atoms with van der Waals surface area (Å²) < 4.78 is 5.15. The molecule has 94 valence electrons. The number of anilines is 2. The number of carbonyl (C=O) groups excluding carboxylic acids is 1.